The minimum absolute atomic E-state index is 0.0350. The number of aromatic amines is 2. The zero-order valence-electron chi connectivity index (χ0n) is 40.9. The number of nitrogens with zero attached hydrogens (tertiary/aromatic N) is 10. The predicted octanol–water partition coefficient (Wildman–Crippen LogP) is 4.68. The number of likely N-dealkylation sites (tertiary alicyclic amines) is 2. The Morgan fingerprint density at radius 2 is 0.917 bits per heavy atom. The van der Waals surface area contributed by atoms with Crippen molar-refractivity contribution in [1.82, 2.24) is 70.4 Å². The van der Waals surface area contributed by atoms with Gasteiger partial charge in [-0.25, -0.2) is 38.5 Å². The van der Waals surface area contributed by atoms with Crippen molar-refractivity contribution in [2.75, 3.05) is 41.5 Å². The summed E-state index contributed by atoms with van der Waals surface area (Å²) in [6, 6.07) is 12.3. The van der Waals surface area contributed by atoms with E-state index in [1.54, 1.807) is 31.6 Å². The Morgan fingerprint density at radius 3 is 1.25 bits per heavy atom. The summed E-state index contributed by atoms with van der Waals surface area (Å²) in [5.41, 5.74) is 5.14. The normalized spacial score (nSPS) is 18.5. The highest BCUT2D eigenvalue weighted by atomic mass is 16.5. The lowest BCUT2D eigenvalue weighted by Gasteiger charge is -2.29. The fourth-order valence-corrected chi connectivity index (χ4v) is 9.07. The number of alkyl carbamates (subject to hydrolysis) is 2. The van der Waals surface area contributed by atoms with Crippen molar-refractivity contribution in [2.45, 2.75) is 76.8 Å². The molecule has 24 heteroatoms. The molecule has 378 valence electrons. The molecular weight excluding hydrogens is 933 g/mol. The Morgan fingerprint density at radius 1 is 0.556 bits per heavy atom. The Balaban J connectivity index is 0.988. The zero-order valence-corrected chi connectivity index (χ0v) is 40.9. The molecule has 4 N–H and O–H groups in total. The van der Waals surface area contributed by atoms with Gasteiger partial charge in [0.2, 0.25) is 11.8 Å². The molecule has 72 heavy (non-hydrogen) atoms. The molecule has 1 unspecified atom stereocenters. The van der Waals surface area contributed by atoms with E-state index in [9.17, 15) is 28.8 Å². The van der Waals surface area contributed by atoms with Gasteiger partial charge in [-0.2, -0.15) is 0 Å². The molecule has 6 aromatic rings. The topological polar surface area (TPSA) is 289 Å². The van der Waals surface area contributed by atoms with E-state index in [4.69, 9.17) is 28.9 Å². The van der Waals surface area contributed by atoms with E-state index in [2.05, 4.69) is 41.2 Å². The molecule has 0 aliphatic carbocycles. The van der Waals surface area contributed by atoms with Crippen LogP contribution in [0.25, 0.3) is 33.6 Å². The highest BCUT2D eigenvalue weighted by Crippen LogP contribution is 2.40. The number of hydrogen-bond donors (Lipinski definition) is 4. The van der Waals surface area contributed by atoms with Crippen LogP contribution < -0.4 is 10.6 Å². The maximum atomic E-state index is 14.2. The van der Waals surface area contributed by atoms with Gasteiger partial charge in [0, 0.05) is 13.1 Å². The lowest BCUT2D eigenvalue weighted by Crippen LogP contribution is -2.51. The molecule has 0 spiro atoms. The summed E-state index contributed by atoms with van der Waals surface area (Å²) in [6.07, 6.45) is 5.72. The fraction of sp³-hybridized carbons (Fsp3) is 0.417. The molecule has 2 aromatic carbocycles. The van der Waals surface area contributed by atoms with E-state index in [1.165, 1.54) is 40.8 Å². The Labute approximate surface area is 413 Å². The highest BCUT2D eigenvalue weighted by Gasteiger charge is 2.44. The minimum Gasteiger partial charge on any atom is -0.464 e. The number of esters is 2. The van der Waals surface area contributed by atoms with Crippen molar-refractivity contribution in [3.8, 4) is 33.6 Å². The zero-order chi connectivity index (χ0) is 51.4. The van der Waals surface area contributed by atoms with Crippen LogP contribution in [0.2, 0.25) is 0 Å². The Hall–Kier alpha value is -8.44. The van der Waals surface area contributed by atoms with E-state index >= 15 is 0 Å². The number of methoxy groups -OCH3 is 4. The highest BCUT2D eigenvalue weighted by molar-refractivity contribution is 5.88. The Kier molecular flexibility index (Phi) is 14.8. The lowest BCUT2D eigenvalue weighted by atomic mass is 10.0. The van der Waals surface area contributed by atoms with E-state index in [-0.39, 0.29) is 60.2 Å². The molecule has 8 rings (SSSR count). The number of amides is 4. The second-order valence-corrected chi connectivity index (χ2v) is 18.2. The van der Waals surface area contributed by atoms with Gasteiger partial charge < -0.3 is 49.3 Å². The van der Waals surface area contributed by atoms with Crippen LogP contribution in [0.4, 0.5) is 9.59 Å². The van der Waals surface area contributed by atoms with Crippen LogP contribution in [0.3, 0.4) is 0 Å². The SMILES string of the molecule is COC(=O)N[C@H](C(=O)N1C[C@@H](n2cc(C(=O)OC)nn2)CC1c1ncc(-c2ccc(-c3ccc(-c4cnc([C@@H]5C[C@H](n6cc(C(=O)OC)nn6)CN5C(=O)[C@@H](NC(=O)OC)C(C)C)[nH]4)cc3)cc2)[nH]1)C(C)C. The van der Waals surface area contributed by atoms with Crippen molar-refractivity contribution in [1.29, 1.82) is 0 Å². The summed E-state index contributed by atoms with van der Waals surface area (Å²) in [6.45, 7) is 7.73. The number of rotatable bonds is 15. The average molecular weight is 989 g/mol. The number of imidazole rings is 2. The molecule has 0 bridgehead atoms. The van der Waals surface area contributed by atoms with Gasteiger partial charge in [0.15, 0.2) is 11.4 Å². The third kappa shape index (κ3) is 10.4. The summed E-state index contributed by atoms with van der Waals surface area (Å²) in [5.74, 6) is -1.40. The lowest BCUT2D eigenvalue weighted by molar-refractivity contribution is -0.136. The van der Waals surface area contributed by atoms with Crippen molar-refractivity contribution in [3.63, 3.8) is 0 Å². The number of aromatic nitrogens is 10. The second-order valence-electron chi connectivity index (χ2n) is 18.2. The minimum atomic E-state index is -0.888. The largest absolute Gasteiger partial charge is 0.464 e. The monoisotopic (exact) mass is 988 g/mol. The van der Waals surface area contributed by atoms with Crippen LogP contribution in [0.5, 0.6) is 0 Å². The molecule has 0 saturated carbocycles. The quantitative estimate of drug-likeness (QED) is 0.0802. The van der Waals surface area contributed by atoms with E-state index in [0.29, 0.717) is 24.5 Å². The molecule has 6 heterocycles. The third-order valence-electron chi connectivity index (χ3n) is 13.0. The Bertz CT molecular complexity index is 2730. The second kappa shape index (κ2) is 21.3. The van der Waals surface area contributed by atoms with Crippen LogP contribution in [0.1, 0.15) is 97.3 Å². The molecule has 0 radical (unpaired) electrons. The first kappa shape index (κ1) is 50.0. The fourth-order valence-electron chi connectivity index (χ4n) is 9.07. The van der Waals surface area contributed by atoms with Gasteiger partial charge in [0.25, 0.3) is 0 Å². The molecule has 2 aliphatic heterocycles. The van der Waals surface area contributed by atoms with Crippen molar-refractivity contribution >= 4 is 35.9 Å². The first-order valence-corrected chi connectivity index (χ1v) is 23.2. The molecule has 6 atom stereocenters. The molecule has 4 aromatic heterocycles. The van der Waals surface area contributed by atoms with Gasteiger partial charge in [0.1, 0.15) is 23.7 Å². The van der Waals surface area contributed by atoms with Crippen LogP contribution in [-0.2, 0) is 28.5 Å². The summed E-state index contributed by atoms with van der Waals surface area (Å²) in [4.78, 5) is 96.9. The van der Waals surface area contributed by atoms with E-state index in [1.807, 2.05) is 76.2 Å². The van der Waals surface area contributed by atoms with E-state index in [0.717, 1.165) is 33.6 Å². The smallest absolute Gasteiger partial charge is 0.407 e. The van der Waals surface area contributed by atoms with Gasteiger partial charge in [-0.3, -0.25) is 9.59 Å². The number of benzene rings is 2. The van der Waals surface area contributed by atoms with Crippen LogP contribution >= 0.6 is 0 Å². The van der Waals surface area contributed by atoms with Gasteiger partial charge >= 0.3 is 24.1 Å². The molecular formula is C48H56N14O10. The van der Waals surface area contributed by atoms with E-state index < -0.39 is 48.3 Å². The summed E-state index contributed by atoms with van der Waals surface area (Å²) in [5, 5.41) is 21.6. The maximum absolute atomic E-state index is 14.2. The predicted molar refractivity (Wildman–Crippen MR) is 254 cm³/mol. The number of ether oxygens (including phenoxy) is 4. The summed E-state index contributed by atoms with van der Waals surface area (Å²) < 4.78 is 22.3. The van der Waals surface area contributed by atoms with Crippen LogP contribution in [0, 0.1) is 11.8 Å². The van der Waals surface area contributed by atoms with Crippen molar-refractivity contribution in [2.24, 2.45) is 11.8 Å². The van der Waals surface area contributed by atoms with Gasteiger partial charge in [-0.1, -0.05) is 86.7 Å². The number of carbonyl (C=O) groups excluding carboxylic acids is 6. The van der Waals surface area contributed by atoms with Crippen LogP contribution in [0.15, 0.2) is 73.3 Å². The first-order valence-electron chi connectivity index (χ1n) is 23.2. The molecule has 2 fully saturated rings. The number of H-pyrrole nitrogens is 2. The molecule has 4 amide bonds. The molecule has 24 nitrogen and oxygen atoms in total. The van der Waals surface area contributed by atoms with Crippen molar-refractivity contribution in [3.05, 3.63) is 96.4 Å². The summed E-state index contributed by atoms with van der Waals surface area (Å²) >= 11 is 0. The standard InChI is InChI=1S/C48H56N14O10/c1-25(2)39(53-47(67)71-7)43(63)59-21-31(61-23-35(55-57-61)45(65)69-5)17-37(59)41-49-19-33(51-41)29-13-9-27(10-14-29)28-11-15-30(16-12-28)34-20-50-42(52-34)38-18-32(62-24-36(56-58-62)46(66)70-6)22-60(38)44(64)40(26(3)4)54-48(68)72-8/h9-16,19-20,23-26,31-32,37-40H,17-18,21-22H2,1-8H3,(H,49,51)(H,50,52)(H,53,67)(H,54,68)/t31-,32-,37-,38?,39-,40-/m0/s1. The van der Waals surface area contributed by atoms with Gasteiger partial charge in [-0.05, 0) is 46.9 Å². The third-order valence-corrected chi connectivity index (χ3v) is 13.0. The average Bonchev–Trinajstić information content (AvgIpc) is 4.26. The number of nitrogens with one attached hydrogen (secondary N) is 4. The first-order chi connectivity index (χ1) is 34.6. The number of hydrogen-bond acceptors (Lipinski definition) is 16. The van der Waals surface area contributed by atoms with Gasteiger partial charge in [0.05, 0.1) is 88.8 Å². The molecule has 2 aliphatic rings. The number of carbonyl (C=O) groups is 6. The summed E-state index contributed by atoms with van der Waals surface area (Å²) in [7, 11) is 4.99. The maximum Gasteiger partial charge on any atom is 0.407 e. The van der Waals surface area contributed by atoms with Gasteiger partial charge in [-0.15, -0.1) is 10.2 Å². The molecule has 2 saturated heterocycles. The van der Waals surface area contributed by atoms with Crippen LogP contribution in [-0.4, -0.2) is 149 Å². The van der Waals surface area contributed by atoms with Crippen molar-refractivity contribution < 1.29 is 47.7 Å².